The van der Waals surface area contributed by atoms with E-state index in [0.717, 1.165) is 27.4 Å². The Morgan fingerprint density at radius 1 is 1.32 bits per heavy atom. The molecule has 0 saturated heterocycles. The number of halogens is 2. The molecule has 1 unspecified atom stereocenters. The third kappa shape index (κ3) is 3.80. The summed E-state index contributed by atoms with van der Waals surface area (Å²) in [6.45, 7) is 0. The number of hydrogen-bond donors (Lipinski definition) is 1. The Kier molecular flexibility index (Phi) is 5.42. The van der Waals surface area contributed by atoms with Crippen molar-refractivity contribution in [2.45, 2.75) is 37.8 Å². The van der Waals surface area contributed by atoms with Crippen LogP contribution in [0.25, 0.3) is 0 Å². The summed E-state index contributed by atoms with van der Waals surface area (Å²) in [6, 6.07) is 5.85. The molecular weight excluding hydrogens is 374 g/mol. The van der Waals surface area contributed by atoms with Gasteiger partial charge in [-0.1, -0.05) is 18.9 Å². The van der Waals surface area contributed by atoms with Crippen LogP contribution in [0.2, 0.25) is 0 Å². The fourth-order valence-corrected chi connectivity index (χ4v) is 3.08. The number of esters is 1. The molecular formula is C14H17Br2NO2. The number of carbonyl (C=O) groups is 1. The van der Waals surface area contributed by atoms with E-state index >= 15 is 0 Å². The topological polar surface area (TPSA) is 38.3 Å². The Hall–Kier alpha value is -0.390. The second-order valence-corrected chi connectivity index (χ2v) is 6.49. The Morgan fingerprint density at radius 3 is 2.58 bits per heavy atom. The first kappa shape index (κ1) is 15.0. The summed E-state index contributed by atoms with van der Waals surface area (Å²) in [5, 5.41) is 3.42. The van der Waals surface area contributed by atoms with Crippen molar-refractivity contribution in [2.75, 3.05) is 7.11 Å². The normalized spacial score (nSPS) is 17.4. The molecule has 1 atom stereocenters. The summed E-state index contributed by atoms with van der Waals surface area (Å²) in [5.41, 5.74) is 0.925. The number of rotatable bonds is 4. The van der Waals surface area contributed by atoms with E-state index in [-0.39, 0.29) is 5.97 Å². The van der Waals surface area contributed by atoms with Crippen LogP contribution < -0.4 is 5.32 Å². The van der Waals surface area contributed by atoms with Crippen LogP contribution in [0.1, 0.15) is 37.3 Å². The van der Waals surface area contributed by atoms with Gasteiger partial charge in [-0.15, -0.1) is 0 Å². The monoisotopic (exact) mass is 389 g/mol. The van der Waals surface area contributed by atoms with Crippen molar-refractivity contribution in [1.82, 2.24) is 5.32 Å². The molecule has 1 aromatic rings. The molecule has 19 heavy (non-hydrogen) atoms. The highest BCUT2D eigenvalue weighted by Gasteiger charge is 2.26. The molecule has 0 radical (unpaired) electrons. The van der Waals surface area contributed by atoms with Gasteiger partial charge in [0.1, 0.15) is 6.04 Å². The van der Waals surface area contributed by atoms with E-state index in [4.69, 9.17) is 4.74 Å². The number of methoxy groups -OCH3 is 1. The molecule has 1 aliphatic rings. The molecule has 104 valence electrons. The largest absolute Gasteiger partial charge is 0.468 e. The lowest BCUT2D eigenvalue weighted by Crippen LogP contribution is -2.36. The van der Waals surface area contributed by atoms with Crippen molar-refractivity contribution in [2.24, 2.45) is 0 Å². The Morgan fingerprint density at radius 2 is 2.00 bits per heavy atom. The highest BCUT2D eigenvalue weighted by Crippen LogP contribution is 2.28. The van der Waals surface area contributed by atoms with Gasteiger partial charge in [0.2, 0.25) is 0 Å². The van der Waals surface area contributed by atoms with Gasteiger partial charge in [-0.25, -0.2) is 4.79 Å². The summed E-state index contributed by atoms with van der Waals surface area (Å²) in [7, 11) is 1.43. The SMILES string of the molecule is COC(=O)C(NC1CCCC1)c1ccc(Br)c(Br)c1. The van der Waals surface area contributed by atoms with Crippen molar-refractivity contribution in [3.05, 3.63) is 32.7 Å². The standard InChI is InChI=1S/C14H17Br2NO2/c1-19-14(18)13(17-10-4-2-3-5-10)9-6-7-11(15)12(16)8-9/h6-8,10,13,17H,2-5H2,1H3. The third-order valence-corrected chi connectivity index (χ3v) is 5.35. The third-order valence-electron chi connectivity index (χ3n) is 3.47. The minimum absolute atomic E-state index is 0.235. The second kappa shape index (κ2) is 6.86. The van der Waals surface area contributed by atoms with Crippen LogP contribution >= 0.6 is 31.9 Å². The quantitative estimate of drug-likeness (QED) is 0.790. The summed E-state index contributed by atoms with van der Waals surface area (Å²) < 4.78 is 6.83. The Bertz CT molecular complexity index is 459. The average molecular weight is 391 g/mol. The first-order valence-corrected chi connectivity index (χ1v) is 7.99. The van der Waals surface area contributed by atoms with Gasteiger partial charge in [0.25, 0.3) is 0 Å². The maximum Gasteiger partial charge on any atom is 0.327 e. The molecule has 0 heterocycles. The van der Waals surface area contributed by atoms with Gasteiger partial charge in [-0.3, -0.25) is 5.32 Å². The number of nitrogens with one attached hydrogen (secondary N) is 1. The first-order valence-electron chi connectivity index (χ1n) is 6.40. The molecule has 0 amide bonds. The predicted octanol–water partition coefficient (Wildman–Crippen LogP) is 3.96. The lowest BCUT2D eigenvalue weighted by molar-refractivity contribution is -0.143. The minimum Gasteiger partial charge on any atom is -0.468 e. The molecule has 2 rings (SSSR count). The molecule has 3 nitrogen and oxygen atoms in total. The van der Waals surface area contributed by atoms with Gasteiger partial charge in [0, 0.05) is 15.0 Å². The lowest BCUT2D eigenvalue weighted by atomic mass is 10.1. The van der Waals surface area contributed by atoms with Gasteiger partial charge in [-0.05, 0) is 62.4 Å². The molecule has 0 aromatic heterocycles. The number of hydrogen-bond acceptors (Lipinski definition) is 3. The van der Waals surface area contributed by atoms with E-state index in [2.05, 4.69) is 37.2 Å². The van der Waals surface area contributed by atoms with Crippen molar-refractivity contribution in [3.63, 3.8) is 0 Å². The minimum atomic E-state index is -0.391. The number of ether oxygens (including phenoxy) is 1. The van der Waals surface area contributed by atoms with Gasteiger partial charge in [-0.2, -0.15) is 0 Å². The fraction of sp³-hybridized carbons (Fsp3) is 0.500. The van der Waals surface area contributed by atoms with Gasteiger partial charge in [0.15, 0.2) is 0 Å². The highest BCUT2D eigenvalue weighted by atomic mass is 79.9. The Balaban J connectivity index is 2.20. The van der Waals surface area contributed by atoms with Crippen LogP contribution in [0.5, 0.6) is 0 Å². The van der Waals surface area contributed by atoms with Crippen LogP contribution in [0.4, 0.5) is 0 Å². The maximum atomic E-state index is 12.0. The average Bonchev–Trinajstić information content (AvgIpc) is 2.91. The summed E-state index contributed by atoms with van der Waals surface area (Å²) in [5.74, 6) is -0.235. The maximum absolute atomic E-state index is 12.0. The van der Waals surface area contributed by atoms with E-state index in [1.807, 2.05) is 18.2 Å². The molecule has 1 aliphatic carbocycles. The van der Waals surface area contributed by atoms with E-state index in [9.17, 15) is 4.79 Å². The van der Waals surface area contributed by atoms with Crippen molar-refractivity contribution in [1.29, 1.82) is 0 Å². The van der Waals surface area contributed by atoms with E-state index < -0.39 is 6.04 Å². The summed E-state index contributed by atoms with van der Waals surface area (Å²) in [6.07, 6.45) is 4.72. The molecule has 1 N–H and O–H groups in total. The fourth-order valence-electron chi connectivity index (χ4n) is 2.44. The van der Waals surface area contributed by atoms with Crippen molar-refractivity contribution < 1.29 is 9.53 Å². The van der Waals surface area contributed by atoms with E-state index in [0.29, 0.717) is 6.04 Å². The Labute approximate surface area is 130 Å². The second-order valence-electron chi connectivity index (χ2n) is 4.78. The summed E-state index contributed by atoms with van der Waals surface area (Å²) >= 11 is 6.91. The zero-order valence-corrected chi connectivity index (χ0v) is 14.0. The molecule has 0 spiro atoms. The summed E-state index contributed by atoms with van der Waals surface area (Å²) in [4.78, 5) is 12.0. The van der Waals surface area contributed by atoms with E-state index in [1.165, 1.54) is 20.0 Å². The van der Waals surface area contributed by atoms with Gasteiger partial charge < -0.3 is 4.74 Å². The van der Waals surface area contributed by atoms with Crippen molar-refractivity contribution >= 4 is 37.8 Å². The van der Waals surface area contributed by atoms with Gasteiger partial charge in [0.05, 0.1) is 7.11 Å². The zero-order valence-electron chi connectivity index (χ0n) is 10.8. The molecule has 1 fully saturated rings. The predicted molar refractivity (Wildman–Crippen MR) is 82.0 cm³/mol. The smallest absolute Gasteiger partial charge is 0.327 e. The molecule has 1 aromatic carbocycles. The first-order chi connectivity index (χ1) is 9.11. The van der Waals surface area contributed by atoms with Crippen LogP contribution in [-0.4, -0.2) is 19.1 Å². The highest BCUT2D eigenvalue weighted by molar-refractivity contribution is 9.13. The van der Waals surface area contributed by atoms with Crippen molar-refractivity contribution in [3.8, 4) is 0 Å². The van der Waals surface area contributed by atoms with Crippen LogP contribution in [0.15, 0.2) is 27.1 Å². The lowest BCUT2D eigenvalue weighted by Gasteiger charge is -2.21. The van der Waals surface area contributed by atoms with Crippen LogP contribution in [0.3, 0.4) is 0 Å². The number of benzene rings is 1. The van der Waals surface area contributed by atoms with Crippen LogP contribution in [-0.2, 0) is 9.53 Å². The molecule has 0 aliphatic heterocycles. The number of carbonyl (C=O) groups excluding carboxylic acids is 1. The zero-order chi connectivity index (χ0) is 13.8. The molecule has 5 heteroatoms. The van der Waals surface area contributed by atoms with E-state index in [1.54, 1.807) is 0 Å². The molecule has 0 bridgehead atoms. The van der Waals surface area contributed by atoms with Crippen LogP contribution in [0, 0.1) is 0 Å². The molecule has 1 saturated carbocycles. The van der Waals surface area contributed by atoms with Gasteiger partial charge >= 0.3 is 5.97 Å².